The number of carbonyl (C=O) groups is 1. The summed E-state index contributed by atoms with van der Waals surface area (Å²) in [5.41, 5.74) is 3.75. The number of rotatable bonds is 2. The van der Waals surface area contributed by atoms with Crippen molar-refractivity contribution in [1.82, 2.24) is 14.1 Å². The standard InChI is InChI=1S/C12H12N4OS/c17-12(11-7-14-18-16-11)15-10-2-1-8-3-4-13-6-9(8)5-10/h1-2,5,7,13H,3-4,6H2,(H,15,17). The lowest BCUT2D eigenvalue weighted by molar-refractivity contribution is 0.102. The highest BCUT2D eigenvalue weighted by atomic mass is 32.1. The van der Waals surface area contributed by atoms with Gasteiger partial charge in [0, 0.05) is 12.2 Å². The number of nitrogens with zero attached hydrogens (tertiary/aromatic N) is 2. The van der Waals surface area contributed by atoms with Crippen molar-refractivity contribution in [1.29, 1.82) is 0 Å². The van der Waals surface area contributed by atoms with Gasteiger partial charge < -0.3 is 10.6 Å². The van der Waals surface area contributed by atoms with Crippen molar-refractivity contribution >= 4 is 23.3 Å². The van der Waals surface area contributed by atoms with Crippen molar-refractivity contribution in [3.05, 3.63) is 41.2 Å². The van der Waals surface area contributed by atoms with Gasteiger partial charge in [0.2, 0.25) is 0 Å². The maximum absolute atomic E-state index is 11.8. The first-order chi connectivity index (χ1) is 8.83. The summed E-state index contributed by atoms with van der Waals surface area (Å²) in [6.45, 7) is 1.88. The van der Waals surface area contributed by atoms with Crippen molar-refractivity contribution in [3.8, 4) is 0 Å². The van der Waals surface area contributed by atoms with Crippen molar-refractivity contribution in [2.45, 2.75) is 13.0 Å². The maximum Gasteiger partial charge on any atom is 0.277 e. The molecule has 3 rings (SSSR count). The van der Waals surface area contributed by atoms with Crippen molar-refractivity contribution in [3.63, 3.8) is 0 Å². The first kappa shape index (κ1) is 11.3. The monoisotopic (exact) mass is 260 g/mol. The van der Waals surface area contributed by atoms with Crippen LogP contribution >= 0.6 is 11.7 Å². The van der Waals surface area contributed by atoms with E-state index < -0.39 is 0 Å². The molecule has 0 atom stereocenters. The van der Waals surface area contributed by atoms with E-state index in [1.165, 1.54) is 17.3 Å². The first-order valence-corrected chi connectivity index (χ1v) is 6.47. The number of carbonyl (C=O) groups excluding carboxylic acids is 1. The fourth-order valence-electron chi connectivity index (χ4n) is 2.02. The van der Waals surface area contributed by atoms with Crippen LogP contribution in [0.25, 0.3) is 0 Å². The average molecular weight is 260 g/mol. The summed E-state index contributed by atoms with van der Waals surface area (Å²) in [5, 5.41) is 6.15. The molecular weight excluding hydrogens is 248 g/mol. The van der Waals surface area contributed by atoms with Crippen LogP contribution in [0.1, 0.15) is 21.6 Å². The van der Waals surface area contributed by atoms with Crippen LogP contribution in [-0.2, 0) is 13.0 Å². The molecule has 5 nitrogen and oxygen atoms in total. The zero-order valence-electron chi connectivity index (χ0n) is 9.64. The van der Waals surface area contributed by atoms with Crippen molar-refractivity contribution < 1.29 is 4.79 Å². The van der Waals surface area contributed by atoms with Gasteiger partial charge in [0.1, 0.15) is 0 Å². The topological polar surface area (TPSA) is 66.9 Å². The van der Waals surface area contributed by atoms with Crippen LogP contribution in [0.15, 0.2) is 24.4 Å². The highest BCUT2D eigenvalue weighted by Gasteiger charge is 2.12. The number of nitrogens with one attached hydrogen (secondary N) is 2. The van der Waals surface area contributed by atoms with E-state index in [-0.39, 0.29) is 5.91 Å². The van der Waals surface area contributed by atoms with Gasteiger partial charge in [-0.1, -0.05) is 6.07 Å². The van der Waals surface area contributed by atoms with Crippen LogP contribution in [0.3, 0.4) is 0 Å². The van der Waals surface area contributed by atoms with Gasteiger partial charge in [0.25, 0.3) is 5.91 Å². The van der Waals surface area contributed by atoms with E-state index in [0.29, 0.717) is 5.69 Å². The Bertz CT molecular complexity index is 567. The zero-order valence-corrected chi connectivity index (χ0v) is 10.5. The van der Waals surface area contributed by atoms with Gasteiger partial charge in [-0.2, -0.15) is 8.75 Å². The molecule has 0 bridgehead atoms. The fourth-order valence-corrected chi connectivity index (χ4v) is 2.43. The molecule has 0 spiro atoms. The zero-order chi connectivity index (χ0) is 12.4. The van der Waals surface area contributed by atoms with Crippen LogP contribution in [0, 0.1) is 0 Å². The number of benzene rings is 1. The smallest absolute Gasteiger partial charge is 0.277 e. The molecule has 2 aromatic rings. The molecule has 0 saturated carbocycles. The minimum absolute atomic E-state index is 0.215. The molecular formula is C12H12N4OS. The van der Waals surface area contributed by atoms with Crippen LogP contribution in [-0.4, -0.2) is 21.2 Å². The number of hydrogen-bond acceptors (Lipinski definition) is 5. The number of amides is 1. The summed E-state index contributed by atoms with van der Waals surface area (Å²) in [5.74, 6) is -0.215. The Kier molecular flexibility index (Phi) is 3.04. The molecule has 1 amide bonds. The van der Waals surface area contributed by atoms with E-state index >= 15 is 0 Å². The maximum atomic E-state index is 11.8. The van der Waals surface area contributed by atoms with Gasteiger partial charge in [0.15, 0.2) is 5.69 Å². The van der Waals surface area contributed by atoms with E-state index in [0.717, 1.165) is 36.9 Å². The lowest BCUT2D eigenvalue weighted by Gasteiger charge is -2.17. The second-order valence-corrected chi connectivity index (χ2v) is 4.71. The van der Waals surface area contributed by atoms with Gasteiger partial charge in [-0.3, -0.25) is 4.79 Å². The molecule has 0 radical (unpaired) electrons. The van der Waals surface area contributed by atoms with Gasteiger partial charge in [-0.15, -0.1) is 0 Å². The lowest BCUT2D eigenvalue weighted by atomic mass is 10.0. The number of fused-ring (bicyclic) bond motifs is 1. The summed E-state index contributed by atoms with van der Waals surface area (Å²) in [6, 6.07) is 6.02. The Morgan fingerprint density at radius 1 is 1.39 bits per heavy atom. The van der Waals surface area contributed by atoms with Crippen LogP contribution in [0.4, 0.5) is 5.69 Å². The molecule has 0 fully saturated rings. The summed E-state index contributed by atoms with van der Waals surface area (Å²) in [7, 11) is 0. The lowest BCUT2D eigenvalue weighted by Crippen LogP contribution is -2.23. The van der Waals surface area contributed by atoms with E-state index in [4.69, 9.17) is 0 Å². The fraction of sp³-hybridized carbons (Fsp3) is 0.250. The Morgan fingerprint density at radius 3 is 3.17 bits per heavy atom. The molecule has 2 heterocycles. The van der Waals surface area contributed by atoms with E-state index in [1.54, 1.807) is 0 Å². The van der Waals surface area contributed by atoms with Crippen LogP contribution in [0.2, 0.25) is 0 Å². The summed E-state index contributed by atoms with van der Waals surface area (Å²) >= 11 is 1.03. The van der Waals surface area contributed by atoms with E-state index in [2.05, 4.69) is 25.4 Å². The Balaban J connectivity index is 1.79. The largest absolute Gasteiger partial charge is 0.321 e. The molecule has 1 aromatic heterocycles. The summed E-state index contributed by atoms with van der Waals surface area (Å²) in [4.78, 5) is 11.8. The molecule has 1 aromatic carbocycles. The van der Waals surface area contributed by atoms with Crippen molar-refractivity contribution in [2.75, 3.05) is 11.9 Å². The Morgan fingerprint density at radius 2 is 2.33 bits per heavy atom. The molecule has 0 saturated heterocycles. The number of hydrogen-bond donors (Lipinski definition) is 2. The minimum Gasteiger partial charge on any atom is -0.321 e. The summed E-state index contributed by atoms with van der Waals surface area (Å²) < 4.78 is 7.72. The van der Waals surface area contributed by atoms with Crippen LogP contribution < -0.4 is 10.6 Å². The third-order valence-corrected chi connectivity index (χ3v) is 3.42. The molecule has 18 heavy (non-hydrogen) atoms. The molecule has 1 aliphatic rings. The average Bonchev–Trinajstić information content (AvgIpc) is 2.92. The molecule has 1 aliphatic heterocycles. The highest BCUT2D eigenvalue weighted by molar-refractivity contribution is 6.99. The predicted molar refractivity (Wildman–Crippen MR) is 69.7 cm³/mol. The highest BCUT2D eigenvalue weighted by Crippen LogP contribution is 2.19. The quantitative estimate of drug-likeness (QED) is 0.857. The predicted octanol–water partition coefficient (Wildman–Crippen LogP) is 1.44. The van der Waals surface area contributed by atoms with E-state index in [9.17, 15) is 4.79 Å². The SMILES string of the molecule is O=C(Nc1ccc2c(c1)CNCC2)c1cnsn1. The molecule has 0 aliphatic carbocycles. The first-order valence-electron chi connectivity index (χ1n) is 5.74. The third kappa shape index (κ3) is 2.25. The second-order valence-electron chi connectivity index (χ2n) is 4.16. The van der Waals surface area contributed by atoms with E-state index in [1.807, 2.05) is 12.1 Å². The Labute approximate surface area is 109 Å². The minimum atomic E-state index is -0.215. The second kappa shape index (κ2) is 4.83. The normalized spacial score (nSPS) is 14.0. The van der Waals surface area contributed by atoms with Gasteiger partial charge in [0.05, 0.1) is 17.9 Å². The van der Waals surface area contributed by atoms with Gasteiger partial charge in [-0.25, -0.2) is 0 Å². The van der Waals surface area contributed by atoms with Gasteiger partial charge >= 0.3 is 0 Å². The van der Waals surface area contributed by atoms with Crippen LogP contribution in [0.5, 0.6) is 0 Å². The van der Waals surface area contributed by atoms with Gasteiger partial charge in [-0.05, 0) is 36.2 Å². The van der Waals surface area contributed by atoms with Crippen molar-refractivity contribution in [2.24, 2.45) is 0 Å². The third-order valence-electron chi connectivity index (χ3n) is 2.94. The molecule has 6 heteroatoms. The Hall–Kier alpha value is -1.79. The summed E-state index contributed by atoms with van der Waals surface area (Å²) in [6.07, 6.45) is 2.51. The molecule has 92 valence electrons. The number of anilines is 1. The molecule has 2 N–H and O–H groups in total. The molecule has 0 unspecified atom stereocenters. The number of aromatic nitrogens is 2.